The molecule has 122 valence electrons. The lowest BCUT2D eigenvalue weighted by molar-refractivity contribution is -0.133. The molecule has 2 aromatic rings. The molecule has 0 bridgehead atoms. The molecule has 1 atom stereocenters. The highest BCUT2D eigenvalue weighted by Crippen LogP contribution is 2.16. The maximum absolute atomic E-state index is 12.3. The van der Waals surface area contributed by atoms with E-state index in [0.717, 1.165) is 17.0 Å². The molecule has 5 nitrogen and oxygen atoms in total. The summed E-state index contributed by atoms with van der Waals surface area (Å²) in [5.74, 6) is 0.663. The van der Waals surface area contributed by atoms with E-state index < -0.39 is 0 Å². The van der Waals surface area contributed by atoms with E-state index >= 15 is 0 Å². The summed E-state index contributed by atoms with van der Waals surface area (Å²) in [4.78, 5) is 22.2. The topological polar surface area (TPSA) is 55.3 Å². The van der Waals surface area contributed by atoms with E-state index in [1.165, 1.54) is 5.56 Å². The van der Waals surface area contributed by atoms with E-state index in [1.54, 1.807) is 30.5 Å². The number of hydrogen-bond donors (Lipinski definition) is 0. The number of benzene rings is 1. The fourth-order valence-corrected chi connectivity index (χ4v) is 2.17. The van der Waals surface area contributed by atoms with E-state index in [0.29, 0.717) is 6.42 Å². The van der Waals surface area contributed by atoms with Crippen LogP contribution in [-0.4, -0.2) is 40.5 Å². The number of carbonyl (C=O) groups excluding carboxylic acids is 1. The van der Waals surface area contributed by atoms with E-state index in [9.17, 15) is 4.79 Å². The fourth-order valence-electron chi connectivity index (χ4n) is 2.17. The van der Waals surface area contributed by atoms with Gasteiger partial charge in [0.2, 0.25) is 0 Å². The summed E-state index contributed by atoms with van der Waals surface area (Å²) in [6.45, 7) is 6.09. The van der Waals surface area contributed by atoms with Crippen LogP contribution >= 0.6 is 0 Å². The van der Waals surface area contributed by atoms with Crippen molar-refractivity contribution < 1.29 is 9.53 Å². The van der Waals surface area contributed by atoms with Crippen molar-refractivity contribution in [2.24, 2.45) is 0 Å². The first-order chi connectivity index (χ1) is 11.0. The van der Waals surface area contributed by atoms with Gasteiger partial charge in [0, 0.05) is 38.1 Å². The first-order valence-electron chi connectivity index (χ1n) is 7.68. The van der Waals surface area contributed by atoms with Gasteiger partial charge in [-0.25, -0.2) is 0 Å². The zero-order chi connectivity index (χ0) is 16.8. The Kier molecular flexibility index (Phi) is 5.68. The molecule has 1 amide bonds. The highest BCUT2D eigenvalue weighted by Gasteiger charge is 2.17. The maximum Gasteiger partial charge on any atom is 0.260 e. The van der Waals surface area contributed by atoms with E-state index in [-0.39, 0.29) is 18.6 Å². The van der Waals surface area contributed by atoms with Crippen molar-refractivity contribution in [3.05, 3.63) is 53.6 Å². The van der Waals surface area contributed by atoms with Crippen LogP contribution < -0.4 is 4.74 Å². The average molecular weight is 313 g/mol. The van der Waals surface area contributed by atoms with E-state index in [2.05, 4.69) is 9.97 Å². The molecule has 1 aromatic carbocycles. The van der Waals surface area contributed by atoms with Gasteiger partial charge in [-0.15, -0.1) is 0 Å². The number of aromatic nitrogens is 2. The summed E-state index contributed by atoms with van der Waals surface area (Å²) in [5, 5.41) is 0. The Hall–Kier alpha value is -2.43. The van der Waals surface area contributed by atoms with Crippen LogP contribution in [0.1, 0.15) is 23.7 Å². The van der Waals surface area contributed by atoms with Gasteiger partial charge in [0.05, 0.1) is 5.69 Å². The molecular formula is C18H23N3O2. The Labute approximate surface area is 137 Å². The molecule has 1 heterocycles. The van der Waals surface area contributed by atoms with Crippen LogP contribution in [0.3, 0.4) is 0 Å². The molecule has 0 unspecified atom stereocenters. The molecule has 0 saturated heterocycles. The Morgan fingerprint density at radius 1 is 1.26 bits per heavy atom. The average Bonchev–Trinajstić information content (AvgIpc) is 2.55. The molecule has 0 aliphatic heterocycles. The minimum absolute atomic E-state index is 0.0301. The largest absolute Gasteiger partial charge is 0.484 e. The lowest BCUT2D eigenvalue weighted by Gasteiger charge is -2.24. The van der Waals surface area contributed by atoms with Gasteiger partial charge in [-0.1, -0.05) is 6.07 Å². The Bertz CT molecular complexity index is 659. The first kappa shape index (κ1) is 16.9. The zero-order valence-electron chi connectivity index (χ0n) is 14.1. The standard InChI is InChI=1S/C18H23N3O2/c1-13-5-6-17(9-14(13)2)23-12-18(22)21(4)15(3)10-16-11-19-7-8-20-16/h5-9,11,15H,10,12H2,1-4H3/t15-/m0/s1. The van der Waals surface area contributed by atoms with Crippen LogP contribution in [0.15, 0.2) is 36.8 Å². The van der Waals surface area contributed by atoms with Crippen LogP contribution in [0.2, 0.25) is 0 Å². The van der Waals surface area contributed by atoms with E-state index in [1.807, 2.05) is 39.0 Å². The molecule has 0 aliphatic carbocycles. The lowest BCUT2D eigenvalue weighted by atomic mass is 10.1. The third-order valence-corrected chi connectivity index (χ3v) is 4.02. The monoisotopic (exact) mass is 313 g/mol. The van der Waals surface area contributed by atoms with Crippen LogP contribution in [0.25, 0.3) is 0 Å². The van der Waals surface area contributed by atoms with Crippen LogP contribution in [0.4, 0.5) is 0 Å². The summed E-state index contributed by atoms with van der Waals surface area (Å²) < 4.78 is 5.61. The van der Waals surface area contributed by atoms with Crippen LogP contribution in [0.5, 0.6) is 5.75 Å². The van der Waals surface area contributed by atoms with Crippen molar-refractivity contribution in [2.75, 3.05) is 13.7 Å². The second-order valence-electron chi connectivity index (χ2n) is 5.79. The van der Waals surface area contributed by atoms with Crippen molar-refractivity contribution in [2.45, 2.75) is 33.2 Å². The number of aryl methyl sites for hydroxylation is 2. The molecular weight excluding hydrogens is 290 g/mol. The molecule has 0 radical (unpaired) electrons. The van der Waals surface area contributed by atoms with Gasteiger partial charge in [-0.2, -0.15) is 0 Å². The SMILES string of the molecule is Cc1ccc(OCC(=O)N(C)[C@@H](C)Cc2cnccn2)cc1C. The molecule has 0 spiro atoms. The van der Waals surface area contributed by atoms with Gasteiger partial charge in [0.25, 0.3) is 5.91 Å². The number of carbonyl (C=O) groups is 1. The maximum atomic E-state index is 12.3. The molecule has 0 saturated carbocycles. The predicted octanol–water partition coefficient (Wildman–Crippen LogP) is 2.56. The number of likely N-dealkylation sites (N-methyl/N-ethyl adjacent to an activating group) is 1. The minimum atomic E-state index is -0.0559. The van der Waals surface area contributed by atoms with Crippen molar-refractivity contribution in [3.63, 3.8) is 0 Å². The third kappa shape index (κ3) is 4.77. The van der Waals surface area contributed by atoms with Gasteiger partial charge >= 0.3 is 0 Å². The Balaban J connectivity index is 1.87. The highest BCUT2D eigenvalue weighted by molar-refractivity contribution is 5.77. The predicted molar refractivity (Wildman–Crippen MR) is 89.4 cm³/mol. The molecule has 2 rings (SSSR count). The smallest absolute Gasteiger partial charge is 0.260 e. The number of nitrogens with zero attached hydrogens (tertiary/aromatic N) is 3. The number of amides is 1. The Morgan fingerprint density at radius 3 is 2.70 bits per heavy atom. The normalized spacial score (nSPS) is 11.8. The molecule has 0 fully saturated rings. The van der Waals surface area contributed by atoms with E-state index in [4.69, 9.17) is 4.74 Å². The molecule has 23 heavy (non-hydrogen) atoms. The molecule has 1 aromatic heterocycles. The third-order valence-electron chi connectivity index (χ3n) is 4.02. The van der Waals surface area contributed by atoms with Crippen molar-refractivity contribution >= 4 is 5.91 Å². The highest BCUT2D eigenvalue weighted by atomic mass is 16.5. The van der Waals surface area contributed by atoms with Gasteiger partial charge in [0.1, 0.15) is 5.75 Å². The summed E-state index contributed by atoms with van der Waals surface area (Å²) in [6.07, 6.45) is 5.69. The molecule has 5 heteroatoms. The summed E-state index contributed by atoms with van der Waals surface area (Å²) >= 11 is 0. The summed E-state index contributed by atoms with van der Waals surface area (Å²) in [6, 6.07) is 5.86. The number of ether oxygens (including phenoxy) is 1. The zero-order valence-corrected chi connectivity index (χ0v) is 14.1. The van der Waals surface area contributed by atoms with Crippen molar-refractivity contribution in [1.29, 1.82) is 0 Å². The lowest BCUT2D eigenvalue weighted by Crippen LogP contribution is -2.39. The number of rotatable bonds is 6. The Morgan fingerprint density at radius 2 is 2.04 bits per heavy atom. The minimum Gasteiger partial charge on any atom is -0.484 e. The molecule has 0 aliphatic rings. The van der Waals surface area contributed by atoms with Crippen LogP contribution in [0, 0.1) is 13.8 Å². The van der Waals surface area contributed by atoms with Gasteiger partial charge in [-0.3, -0.25) is 14.8 Å². The van der Waals surface area contributed by atoms with Gasteiger partial charge < -0.3 is 9.64 Å². The van der Waals surface area contributed by atoms with Gasteiger partial charge in [-0.05, 0) is 44.0 Å². The second-order valence-corrected chi connectivity index (χ2v) is 5.79. The van der Waals surface area contributed by atoms with Crippen molar-refractivity contribution in [3.8, 4) is 5.75 Å². The van der Waals surface area contributed by atoms with Gasteiger partial charge in [0.15, 0.2) is 6.61 Å². The summed E-state index contributed by atoms with van der Waals surface area (Å²) in [5.41, 5.74) is 3.23. The van der Waals surface area contributed by atoms with Crippen molar-refractivity contribution in [1.82, 2.24) is 14.9 Å². The quantitative estimate of drug-likeness (QED) is 0.822. The fraction of sp³-hybridized carbons (Fsp3) is 0.389. The summed E-state index contributed by atoms with van der Waals surface area (Å²) in [7, 11) is 1.78. The number of hydrogen-bond acceptors (Lipinski definition) is 4. The second kappa shape index (κ2) is 7.72. The van der Waals surface area contributed by atoms with Crippen LogP contribution in [-0.2, 0) is 11.2 Å². The first-order valence-corrected chi connectivity index (χ1v) is 7.68. The molecule has 0 N–H and O–H groups in total.